The van der Waals surface area contributed by atoms with Crippen LogP contribution in [0.15, 0.2) is 71.9 Å². The number of benzene rings is 2. The molecule has 0 unspecified atom stereocenters. The van der Waals surface area contributed by atoms with Crippen LogP contribution in [0.1, 0.15) is 50.9 Å². The maximum atomic E-state index is 13.6. The zero-order chi connectivity index (χ0) is 22.0. The van der Waals surface area contributed by atoms with E-state index < -0.39 is 0 Å². The molecule has 2 aromatic carbocycles. The SMILES string of the molecule is CC(C)c1nc(-c2ccccc2)nc(C(C)C)c1-n1ccnc1-c1ccccc1SF. The lowest BCUT2D eigenvalue weighted by atomic mass is 10.00. The van der Waals surface area contributed by atoms with Gasteiger partial charge >= 0.3 is 0 Å². The molecule has 4 aromatic rings. The van der Waals surface area contributed by atoms with Crippen molar-refractivity contribution in [1.29, 1.82) is 0 Å². The van der Waals surface area contributed by atoms with E-state index in [4.69, 9.17) is 9.97 Å². The van der Waals surface area contributed by atoms with E-state index in [2.05, 4.69) is 32.7 Å². The highest BCUT2D eigenvalue weighted by Gasteiger charge is 2.24. The Morgan fingerprint density at radius 1 is 0.839 bits per heavy atom. The van der Waals surface area contributed by atoms with Gasteiger partial charge in [0.1, 0.15) is 5.82 Å². The van der Waals surface area contributed by atoms with Crippen LogP contribution in [0.25, 0.3) is 28.5 Å². The highest BCUT2D eigenvalue weighted by atomic mass is 32.2. The lowest BCUT2D eigenvalue weighted by molar-refractivity contribution is 0.746. The molecule has 0 radical (unpaired) electrons. The molecular weight excluding hydrogens is 407 g/mol. The summed E-state index contributed by atoms with van der Waals surface area (Å²) in [5.74, 6) is 1.73. The van der Waals surface area contributed by atoms with Crippen LogP contribution >= 0.6 is 12.1 Å². The van der Waals surface area contributed by atoms with Crippen molar-refractivity contribution >= 4 is 12.1 Å². The second kappa shape index (κ2) is 9.02. The molecule has 0 atom stereocenters. The van der Waals surface area contributed by atoms with Gasteiger partial charge in [-0.1, -0.05) is 76.2 Å². The van der Waals surface area contributed by atoms with Crippen molar-refractivity contribution in [3.63, 3.8) is 0 Å². The zero-order valence-corrected chi connectivity index (χ0v) is 18.9. The van der Waals surface area contributed by atoms with Crippen LogP contribution in [-0.2, 0) is 0 Å². The standard InChI is InChI=1S/C25H25FN4S/c1-16(2)21-23(22(17(3)4)29-24(28-21)18-10-6-5-7-11-18)30-15-14-27-25(30)19-12-8-9-13-20(19)31-26/h5-17H,1-4H3. The molecule has 0 saturated carbocycles. The third-order valence-corrected chi connectivity index (χ3v) is 5.68. The van der Waals surface area contributed by atoms with Crippen LogP contribution < -0.4 is 0 Å². The van der Waals surface area contributed by atoms with Crippen LogP contribution in [-0.4, -0.2) is 19.5 Å². The van der Waals surface area contributed by atoms with Crippen molar-refractivity contribution in [2.45, 2.75) is 44.4 Å². The van der Waals surface area contributed by atoms with Crippen molar-refractivity contribution in [3.8, 4) is 28.5 Å². The van der Waals surface area contributed by atoms with Gasteiger partial charge in [0.2, 0.25) is 0 Å². The van der Waals surface area contributed by atoms with Gasteiger partial charge in [-0.25, -0.2) is 15.0 Å². The largest absolute Gasteiger partial charge is 0.296 e. The van der Waals surface area contributed by atoms with Crippen LogP contribution in [0, 0.1) is 0 Å². The smallest absolute Gasteiger partial charge is 0.159 e. The topological polar surface area (TPSA) is 43.6 Å². The predicted molar refractivity (Wildman–Crippen MR) is 125 cm³/mol. The Kier molecular flexibility index (Phi) is 6.18. The molecule has 2 heterocycles. The average Bonchev–Trinajstić information content (AvgIpc) is 3.28. The number of nitrogens with zero attached hydrogens (tertiary/aromatic N) is 4. The van der Waals surface area contributed by atoms with Gasteiger partial charge in [-0.2, -0.15) is 3.89 Å². The molecule has 0 N–H and O–H groups in total. The Morgan fingerprint density at radius 2 is 1.45 bits per heavy atom. The minimum atomic E-state index is 0.166. The molecule has 6 heteroatoms. The van der Waals surface area contributed by atoms with Crippen molar-refractivity contribution in [2.24, 2.45) is 0 Å². The number of aromatic nitrogens is 4. The highest BCUT2D eigenvalue weighted by molar-refractivity contribution is 7.94. The fraction of sp³-hybridized carbons (Fsp3) is 0.240. The van der Waals surface area contributed by atoms with E-state index in [9.17, 15) is 3.89 Å². The van der Waals surface area contributed by atoms with Crippen molar-refractivity contribution < 1.29 is 3.89 Å². The molecule has 0 bridgehead atoms. The lowest BCUT2D eigenvalue weighted by Crippen LogP contribution is -2.13. The molecule has 4 rings (SSSR count). The van der Waals surface area contributed by atoms with Crippen LogP contribution in [0.2, 0.25) is 0 Å². The number of hydrogen-bond acceptors (Lipinski definition) is 4. The molecule has 0 fully saturated rings. The van der Waals surface area contributed by atoms with Crippen molar-refractivity contribution in [1.82, 2.24) is 19.5 Å². The quantitative estimate of drug-likeness (QED) is 0.323. The Labute approximate surface area is 186 Å². The van der Waals surface area contributed by atoms with Gasteiger partial charge in [-0.3, -0.25) is 4.57 Å². The molecule has 158 valence electrons. The first kappa shape index (κ1) is 21.2. The third-order valence-electron chi connectivity index (χ3n) is 5.16. The van der Waals surface area contributed by atoms with E-state index in [0.29, 0.717) is 10.7 Å². The van der Waals surface area contributed by atoms with E-state index in [0.717, 1.165) is 34.0 Å². The molecule has 0 spiro atoms. The first-order chi connectivity index (χ1) is 15.0. The molecule has 0 aliphatic rings. The van der Waals surface area contributed by atoms with Gasteiger partial charge in [-0.05, 0) is 17.9 Å². The van der Waals surface area contributed by atoms with Gasteiger partial charge in [0.15, 0.2) is 5.82 Å². The summed E-state index contributed by atoms with van der Waals surface area (Å²) in [5, 5.41) is 0. The Morgan fingerprint density at radius 3 is 2.06 bits per heavy atom. The van der Waals surface area contributed by atoms with E-state index in [1.165, 1.54) is 0 Å². The van der Waals surface area contributed by atoms with Gasteiger partial charge in [-0.15, -0.1) is 0 Å². The Hall–Kier alpha value is -2.99. The fourth-order valence-electron chi connectivity index (χ4n) is 3.66. The van der Waals surface area contributed by atoms with Gasteiger partial charge in [0.05, 0.1) is 34.1 Å². The number of imidazole rings is 1. The molecule has 0 amide bonds. The first-order valence-corrected chi connectivity index (χ1v) is 11.1. The minimum absolute atomic E-state index is 0.166. The van der Waals surface area contributed by atoms with Crippen molar-refractivity contribution in [3.05, 3.63) is 78.4 Å². The monoisotopic (exact) mass is 432 g/mol. The summed E-state index contributed by atoms with van der Waals surface area (Å²) in [6, 6.07) is 17.4. The molecule has 31 heavy (non-hydrogen) atoms. The van der Waals surface area contributed by atoms with Gasteiger partial charge in [0, 0.05) is 23.5 Å². The number of rotatable bonds is 6. The number of hydrogen-bond donors (Lipinski definition) is 0. The van der Waals surface area contributed by atoms with Crippen LogP contribution in [0.3, 0.4) is 0 Å². The summed E-state index contributed by atoms with van der Waals surface area (Å²) in [6.45, 7) is 8.53. The molecule has 4 nitrogen and oxygen atoms in total. The molecular formula is C25H25FN4S. The molecule has 2 aromatic heterocycles. The van der Waals surface area contributed by atoms with Crippen LogP contribution in [0.4, 0.5) is 3.89 Å². The summed E-state index contributed by atoms with van der Waals surface area (Å²) >= 11 is 0.234. The number of halogens is 1. The summed E-state index contributed by atoms with van der Waals surface area (Å²) in [5.41, 5.74) is 4.56. The summed E-state index contributed by atoms with van der Waals surface area (Å²) in [7, 11) is 0. The first-order valence-electron chi connectivity index (χ1n) is 10.4. The van der Waals surface area contributed by atoms with Crippen molar-refractivity contribution in [2.75, 3.05) is 0 Å². The summed E-state index contributed by atoms with van der Waals surface area (Å²) in [4.78, 5) is 15.1. The molecule has 0 saturated heterocycles. The van der Waals surface area contributed by atoms with E-state index in [-0.39, 0.29) is 24.0 Å². The normalized spacial score (nSPS) is 11.5. The lowest BCUT2D eigenvalue weighted by Gasteiger charge is -2.21. The molecule has 0 aliphatic heterocycles. The minimum Gasteiger partial charge on any atom is -0.296 e. The Bertz CT molecular complexity index is 1160. The predicted octanol–water partition coefficient (Wildman–Crippen LogP) is 7.22. The van der Waals surface area contributed by atoms with E-state index in [1.807, 2.05) is 59.3 Å². The van der Waals surface area contributed by atoms with E-state index in [1.54, 1.807) is 12.3 Å². The maximum absolute atomic E-state index is 13.6. The zero-order valence-electron chi connectivity index (χ0n) is 18.1. The third kappa shape index (κ3) is 4.12. The van der Waals surface area contributed by atoms with Gasteiger partial charge in [0.25, 0.3) is 0 Å². The summed E-state index contributed by atoms with van der Waals surface area (Å²) < 4.78 is 15.6. The second-order valence-corrected chi connectivity index (χ2v) is 8.63. The van der Waals surface area contributed by atoms with Gasteiger partial charge < -0.3 is 0 Å². The second-order valence-electron chi connectivity index (χ2n) is 8.04. The average molecular weight is 433 g/mol. The van der Waals surface area contributed by atoms with E-state index >= 15 is 0 Å². The maximum Gasteiger partial charge on any atom is 0.159 e. The van der Waals surface area contributed by atoms with Crippen LogP contribution in [0.5, 0.6) is 0 Å². The summed E-state index contributed by atoms with van der Waals surface area (Å²) in [6.07, 6.45) is 3.65. The fourth-order valence-corrected chi connectivity index (χ4v) is 4.03. The molecule has 0 aliphatic carbocycles. The highest BCUT2D eigenvalue weighted by Crippen LogP contribution is 2.36. The Balaban J connectivity index is 1.99.